The van der Waals surface area contributed by atoms with E-state index < -0.39 is 0 Å². The summed E-state index contributed by atoms with van der Waals surface area (Å²) in [7, 11) is 3.46. The molecule has 2 aromatic carbocycles. The van der Waals surface area contributed by atoms with E-state index >= 15 is 0 Å². The molecule has 1 aromatic heterocycles. The maximum absolute atomic E-state index is 13.3. The summed E-state index contributed by atoms with van der Waals surface area (Å²) in [5.41, 5.74) is 3.23. The van der Waals surface area contributed by atoms with Gasteiger partial charge in [0.2, 0.25) is 0 Å². The lowest BCUT2D eigenvalue weighted by Crippen LogP contribution is -2.21. The van der Waals surface area contributed by atoms with Gasteiger partial charge in [0.05, 0.1) is 5.52 Å². The van der Waals surface area contributed by atoms with Gasteiger partial charge < -0.3 is 10.2 Å². The highest BCUT2D eigenvalue weighted by Gasteiger charge is 2.07. The Morgan fingerprint density at radius 2 is 1.88 bits per heavy atom. The molecule has 5 heteroatoms. The predicted molar refractivity (Wildman–Crippen MR) is 93.5 cm³/mol. The molecule has 0 aliphatic rings. The standard InChI is InChI=1S/C19H18FN3O/c1-23(2)19(24)14-5-3-13(4-6-14)12-22-17-9-10-21-18-11-15(20)7-8-16(17)18/h3-11H,12H2,1-2H3,(H,21,22). The van der Waals surface area contributed by atoms with E-state index in [-0.39, 0.29) is 11.7 Å². The zero-order valence-corrected chi connectivity index (χ0v) is 13.6. The normalized spacial score (nSPS) is 10.6. The van der Waals surface area contributed by atoms with Crippen LogP contribution < -0.4 is 5.32 Å². The molecule has 0 spiro atoms. The molecular formula is C19H18FN3O. The first-order valence-electron chi connectivity index (χ1n) is 7.63. The van der Waals surface area contributed by atoms with Gasteiger partial charge in [0.15, 0.2) is 0 Å². The van der Waals surface area contributed by atoms with Crippen LogP contribution in [-0.4, -0.2) is 29.9 Å². The van der Waals surface area contributed by atoms with Gasteiger partial charge in [0.1, 0.15) is 5.82 Å². The molecule has 0 fully saturated rings. The molecular weight excluding hydrogens is 305 g/mol. The lowest BCUT2D eigenvalue weighted by atomic mass is 10.1. The number of carbonyl (C=O) groups excluding carboxylic acids is 1. The van der Waals surface area contributed by atoms with Gasteiger partial charge in [0, 0.05) is 49.5 Å². The van der Waals surface area contributed by atoms with Gasteiger partial charge >= 0.3 is 0 Å². The minimum Gasteiger partial charge on any atom is -0.380 e. The Kier molecular flexibility index (Phi) is 4.42. The van der Waals surface area contributed by atoms with E-state index in [1.54, 1.807) is 31.3 Å². The number of fused-ring (bicyclic) bond motifs is 1. The van der Waals surface area contributed by atoms with Crippen LogP contribution >= 0.6 is 0 Å². The Labute approximate surface area is 139 Å². The largest absolute Gasteiger partial charge is 0.380 e. The number of anilines is 1. The average Bonchev–Trinajstić information content (AvgIpc) is 2.59. The van der Waals surface area contributed by atoms with Crippen molar-refractivity contribution in [2.75, 3.05) is 19.4 Å². The van der Waals surface area contributed by atoms with Crippen LogP contribution in [0.2, 0.25) is 0 Å². The van der Waals surface area contributed by atoms with E-state index in [2.05, 4.69) is 10.3 Å². The average molecular weight is 323 g/mol. The van der Waals surface area contributed by atoms with Crippen molar-refractivity contribution in [3.05, 3.63) is 71.7 Å². The van der Waals surface area contributed by atoms with Crippen molar-refractivity contribution in [1.82, 2.24) is 9.88 Å². The summed E-state index contributed by atoms with van der Waals surface area (Å²) in [6.45, 7) is 0.604. The summed E-state index contributed by atoms with van der Waals surface area (Å²) < 4.78 is 13.3. The SMILES string of the molecule is CN(C)C(=O)c1ccc(CNc2ccnc3cc(F)ccc23)cc1. The van der Waals surface area contributed by atoms with Crippen molar-refractivity contribution in [1.29, 1.82) is 0 Å². The lowest BCUT2D eigenvalue weighted by molar-refractivity contribution is 0.0827. The molecule has 24 heavy (non-hydrogen) atoms. The third-order valence-corrected chi connectivity index (χ3v) is 3.79. The van der Waals surface area contributed by atoms with E-state index in [1.807, 2.05) is 30.3 Å². The quantitative estimate of drug-likeness (QED) is 0.796. The first kappa shape index (κ1) is 15.9. The van der Waals surface area contributed by atoms with E-state index in [1.165, 1.54) is 12.1 Å². The minimum atomic E-state index is -0.298. The minimum absolute atomic E-state index is 0.0170. The van der Waals surface area contributed by atoms with Crippen LogP contribution in [0.1, 0.15) is 15.9 Å². The number of aromatic nitrogens is 1. The van der Waals surface area contributed by atoms with Crippen molar-refractivity contribution in [3.8, 4) is 0 Å². The number of benzene rings is 2. The summed E-state index contributed by atoms with van der Waals surface area (Å²) in [5, 5.41) is 4.21. The summed E-state index contributed by atoms with van der Waals surface area (Å²) in [4.78, 5) is 17.6. The molecule has 1 heterocycles. The van der Waals surface area contributed by atoms with Gasteiger partial charge in [-0.25, -0.2) is 4.39 Å². The number of nitrogens with one attached hydrogen (secondary N) is 1. The van der Waals surface area contributed by atoms with Crippen molar-refractivity contribution in [2.45, 2.75) is 6.54 Å². The summed E-state index contributed by atoms with van der Waals surface area (Å²) in [5.74, 6) is -0.315. The third kappa shape index (κ3) is 3.35. The van der Waals surface area contributed by atoms with Crippen molar-refractivity contribution in [3.63, 3.8) is 0 Å². The van der Waals surface area contributed by atoms with Gasteiger partial charge in [-0.3, -0.25) is 9.78 Å². The van der Waals surface area contributed by atoms with Crippen LogP contribution in [0.15, 0.2) is 54.7 Å². The lowest BCUT2D eigenvalue weighted by Gasteiger charge is -2.12. The molecule has 0 atom stereocenters. The smallest absolute Gasteiger partial charge is 0.253 e. The van der Waals surface area contributed by atoms with Crippen LogP contribution in [0.4, 0.5) is 10.1 Å². The van der Waals surface area contributed by atoms with E-state index in [4.69, 9.17) is 0 Å². The van der Waals surface area contributed by atoms with E-state index in [0.29, 0.717) is 17.6 Å². The molecule has 0 aliphatic heterocycles. The fourth-order valence-corrected chi connectivity index (χ4v) is 2.50. The maximum atomic E-state index is 13.3. The number of carbonyl (C=O) groups is 1. The fourth-order valence-electron chi connectivity index (χ4n) is 2.50. The monoisotopic (exact) mass is 323 g/mol. The highest BCUT2D eigenvalue weighted by molar-refractivity contribution is 5.94. The molecule has 0 radical (unpaired) electrons. The molecule has 0 aliphatic carbocycles. The Bertz CT molecular complexity index is 875. The molecule has 3 rings (SSSR count). The topological polar surface area (TPSA) is 45.2 Å². The van der Waals surface area contributed by atoms with Gasteiger partial charge in [-0.2, -0.15) is 0 Å². The summed E-state index contributed by atoms with van der Waals surface area (Å²) in [6, 6.07) is 13.9. The first-order chi connectivity index (χ1) is 11.5. The predicted octanol–water partition coefficient (Wildman–Crippen LogP) is 3.69. The molecule has 0 saturated carbocycles. The maximum Gasteiger partial charge on any atom is 0.253 e. The van der Waals surface area contributed by atoms with Gasteiger partial charge in [0.25, 0.3) is 5.91 Å². The molecule has 1 N–H and O–H groups in total. The third-order valence-electron chi connectivity index (χ3n) is 3.79. The second-order valence-corrected chi connectivity index (χ2v) is 5.77. The number of rotatable bonds is 4. The van der Waals surface area contributed by atoms with Crippen LogP contribution in [0.25, 0.3) is 10.9 Å². The number of hydrogen-bond acceptors (Lipinski definition) is 3. The highest BCUT2D eigenvalue weighted by atomic mass is 19.1. The Morgan fingerprint density at radius 3 is 2.58 bits per heavy atom. The van der Waals surface area contributed by atoms with Gasteiger partial charge in [-0.05, 0) is 35.9 Å². The number of nitrogens with zero attached hydrogens (tertiary/aromatic N) is 2. The molecule has 3 aromatic rings. The fraction of sp³-hybridized carbons (Fsp3) is 0.158. The van der Waals surface area contributed by atoms with Crippen LogP contribution in [-0.2, 0) is 6.54 Å². The second kappa shape index (κ2) is 6.66. The number of hydrogen-bond donors (Lipinski definition) is 1. The van der Waals surface area contributed by atoms with E-state index in [9.17, 15) is 9.18 Å². The zero-order chi connectivity index (χ0) is 17.1. The molecule has 0 bridgehead atoms. The summed E-state index contributed by atoms with van der Waals surface area (Å²) >= 11 is 0. The van der Waals surface area contributed by atoms with Crippen LogP contribution in [0.3, 0.4) is 0 Å². The summed E-state index contributed by atoms with van der Waals surface area (Å²) in [6.07, 6.45) is 1.66. The number of pyridine rings is 1. The zero-order valence-electron chi connectivity index (χ0n) is 13.6. The van der Waals surface area contributed by atoms with Crippen LogP contribution in [0.5, 0.6) is 0 Å². The molecule has 122 valence electrons. The second-order valence-electron chi connectivity index (χ2n) is 5.77. The van der Waals surface area contributed by atoms with E-state index in [0.717, 1.165) is 16.6 Å². The molecule has 1 amide bonds. The Hall–Kier alpha value is -2.95. The van der Waals surface area contributed by atoms with Crippen LogP contribution in [0, 0.1) is 5.82 Å². The molecule has 4 nitrogen and oxygen atoms in total. The van der Waals surface area contributed by atoms with Crippen molar-refractivity contribution < 1.29 is 9.18 Å². The highest BCUT2D eigenvalue weighted by Crippen LogP contribution is 2.22. The van der Waals surface area contributed by atoms with Crippen molar-refractivity contribution in [2.24, 2.45) is 0 Å². The van der Waals surface area contributed by atoms with Gasteiger partial charge in [-0.1, -0.05) is 12.1 Å². The van der Waals surface area contributed by atoms with Gasteiger partial charge in [-0.15, -0.1) is 0 Å². The number of amides is 1. The Balaban J connectivity index is 1.75. The van der Waals surface area contributed by atoms with Crippen molar-refractivity contribution >= 4 is 22.5 Å². The molecule has 0 unspecified atom stereocenters. The first-order valence-corrected chi connectivity index (χ1v) is 7.63. The molecule has 0 saturated heterocycles. The number of halogens is 1. The Morgan fingerprint density at radius 1 is 1.12 bits per heavy atom.